The summed E-state index contributed by atoms with van der Waals surface area (Å²) in [6.07, 6.45) is 1.09. The van der Waals surface area contributed by atoms with E-state index in [1.54, 1.807) is 4.90 Å². The Morgan fingerprint density at radius 2 is 1.74 bits per heavy atom. The molecule has 1 unspecified atom stereocenters. The molecule has 5 nitrogen and oxygen atoms in total. The highest BCUT2D eigenvalue weighted by Crippen LogP contribution is 2.19. The van der Waals surface area contributed by atoms with Crippen molar-refractivity contribution in [2.24, 2.45) is 0 Å². The van der Waals surface area contributed by atoms with E-state index in [1.807, 2.05) is 24.3 Å². The van der Waals surface area contributed by atoms with Crippen LogP contribution in [0.3, 0.4) is 0 Å². The van der Waals surface area contributed by atoms with Gasteiger partial charge in [0.05, 0.1) is 6.10 Å². The van der Waals surface area contributed by atoms with Gasteiger partial charge < -0.3 is 14.9 Å². The second kappa shape index (κ2) is 7.51. The average molecular weight is 338 g/mol. The van der Waals surface area contributed by atoms with Gasteiger partial charge in [-0.2, -0.15) is 0 Å². The summed E-state index contributed by atoms with van der Waals surface area (Å²) in [6, 6.07) is 7.93. The molecule has 3 rings (SSSR count). The van der Waals surface area contributed by atoms with E-state index in [0.29, 0.717) is 19.5 Å². The largest absolute Gasteiger partial charge is 0.390 e. The van der Waals surface area contributed by atoms with Crippen LogP contribution in [0.2, 0.25) is 5.02 Å². The quantitative estimate of drug-likeness (QED) is 0.883. The van der Waals surface area contributed by atoms with E-state index in [1.165, 1.54) is 5.69 Å². The molecule has 2 aliphatic rings. The lowest BCUT2D eigenvalue weighted by Gasteiger charge is -2.37. The van der Waals surface area contributed by atoms with Gasteiger partial charge in [0.1, 0.15) is 0 Å². The molecule has 0 radical (unpaired) electrons. The van der Waals surface area contributed by atoms with E-state index in [2.05, 4.69) is 9.80 Å². The minimum absolute atomic E-state index is 0.177. The van der Waals surface area contributed by atoms with Gasteiger partial charge in [0, 0.05) is 62.9 Å². The summed E-state index contributed by atoms with van der Waals surface area (Å²) in [4.78, 5) is 18.0. The molecule has 126 valence electrons. The normalized spacial score (nSPS) is 21.0. The van der Waals surface area contributed by atoms with Crippen molar-refractivity contribution in [1.82, 2.24) is 9.80 Å². The fourth-order valence-corrected chi connectivity index (χ4v) is 3.47. The van der Waals surface area contributed by atoms with Crippen molar-refractivity contribution in [3.8, 4) is 0 Å². The highest BCUT2D eigenvalue weighted by Gasteiger charge is 2.25. The number of carbonyl (C=O) groups excluding carboxylic acids is 1. The number of hydrogen-bond acceptors (Lipinski definition) is 4. The van der Waals surface area contributed by atoms with Gasteiger partial charge in [-0.25, -0.2) is 0 Å². The lowest BCUT2D eigenvalue weighted by Crippen LogP contribution is -2.50. The maximum Gasteiger partial charge on any atom is 0.222 e. The van der Waals surface area contributed by atoms with Crippen LogP contribution < -0.4 is 4.90 Å². The average Bonchev–Trinajstić information content (AvgIpc) is 2.94. The number of piperazine rings is 1. The van der Waals surface area contributed by atoms with E-state index < -0.39 is 6.10 Å². The molecular formula is C17H24ClN3O2. The van der Waals surface area contributed by atoms with E-state index >= 15 is 0 Å². The third-order valence-corrected chi connectivity index (χ3v) is 4.89. The number of hydrogen-bond donors (Lipinski definition) is 1. The van der Waals surface area contributed by atoms with E-state index in [-0.39, 0.29) is 5.91 Å². The minimum atomic E-state index is -0.459. The maximum atomic E-state index is 11.6. The number of amides is 1. The highest BCUT2D eigenvalue weighted by molar-refractivity contribution is 6.30. The molecule has 0 aliphatic carbocycles. The first-order valence-corrected chi connectivity index (χ1v) is 8.68. The molecule has 1 aromatic rings. The van der Waals surface area contributed by atoms with Crippen molar-refractivity contribution in [3.63, 3.8) is 0 Å². The zero-order valence-electron chi connectivity index (χ0n) is 13.3. The van der Waals surface area contributed by atoms with Crippen molar-refractivity contribution in [2.75, 3.05) is 50.7 Å². The van der Waals surface area contributed by atoms with Crippen molar-refractivity contribution in [2.45, 2.75) is 18.9 Å². The molecule has 2 heterocycles. The second-order valence-electron chi connectivity index (χ2n) is 6.36. The molecule has 1 atom stereocenters. The third-order valence-electron chi connectivity index (χ3n) is 4.64. The summed E-state index contributed by atoms with van der Waals surface area (Å²) in [5.41, 5.74) is 1.19. The molecule has 0 spiro atoms. The molecule has 2 aliphatic heterocycles. The number of β-amino-alcohol motifs (C(OH)–C–C–N with tert-alkyl or cyclic N) is 1. The number of likely N-dealkylation sites (tertiary alicyclic amines) is 1. The maximum absolute atomic E-state index is 11.6. The zero-order valence-corrected chi connectivity index (χ0v) is 14.1. The molecule has 0 aromatic heterocycles. The molecule has 0 saturated carbocycles. The van der Waals surface area contributed by atoms with Gasteiger partial charge in [-0.1, -0.05) is 11.6 Å². The topological polar surface area (TPSA) is 47.0 Å². The van der Waals surface area contributed by atoms with Crippen LogP contribution >= 0.6 is 11.6 Å². The van der Waals surface area contributed by atoms with E-state index in [9.17, 15) is 9.90 Å². The molecular weight excluding hydrogens is 314 g/mol. The van der Waals surface area contributed by atoms with Gasteiger partial charge in [0.2, 0.25) is 5.91 Å². The standard InChI is InChI=1S/C17H24ClN3O2/c18-14-3-5-15(6-4-14)20-10-8-19(9-11-20)12-16(22)13-21-7-1-2-17(21)23/h3-6,16,22H,1-2,7-13H2. The molecule has 6 heteroatoms. The summed E-state index contributed by atoms with van der Waals surface area (Å²) in [7, 11) is 0. The first-order chi connectivity index (χ1) is 11.1. The lowest BCUT2D eigenvalue weighted by molar-refractivity contribution is -0.129. The number of benzene rings is 1. The predicted octanol–water partition coefficient (Wildman–Crippen LogP) is 1.45. The van der Waals surface area contributed by atoms with Crippen molar-refractivity contribution < 1.29 is 9.90 Å². The fourth-order valence-electron chi connectivity index (χ4n) is 3.35. The second-order valence-corrected chi connectivity index (χ2v) is 6.80. The Hall–Kier alpha value is -1.30. The number of aliphatic hydroxyl groups excluding tert-OH is 1. The van der Waals surface area contributed by atoms with Gasteiger partial charge in [-0.3, -0.25) is 9.69 Å². The Bertz CT molecular complexity index is 529. The first-order valence-electron chi connectivity index (χ1n) is 8.30. The summed E-state index contributed by atoms with van der Waals surface area (Å²) >= 11 is 5.93. The predicted molar refractivity (Wildman–Crippen MR) is 91.9 cm³/mol. The monoisotopic (exact) mass is 337 g/mol. The van der Waals surface area contributed by atoms with Crippen molar-refractivity contribution in [3.05, 3.63) is 29.3 Å². The van der Waals surface area contributed by atoms with Crippen molar-refractivity contribution >= 4 is 23.2 Å². The van der Waals surface area contributed by atoms with Crippen LogP contribution in [0.4, 0.5) is 5.69 Å². The molecule has 2 saturated heterocycles. The van der Waals surface area contributed by atoms with Gasteiger partial charge in [-0.15, -0.1) is 0 Å². The van der Waals surface area contributed by atoms with Gasteiger partial charge in [0.25, 0.3) is 0 Å². The first kappa shape index (κ1) is 16.6. The van der Waals surface area contributed by atoms with Crippen LogP contribution in [0.25, 0.3) is 0 Å². The fraction of sp³-hybridized carbons (Fsp3) is 0.588. The number of carbonyl (C=O) groups is 1. The van der Waals surface area contributed by atoms with Gasteiger partial charge >= 0.3 is 0 Å². The third kappa shape index (κ3) is 4.37. The molecule has 1 amide bonds. The lowest BCUT2D eigenvalue weighted by atomic mass is 10.2. The molecule has 0 bridgehead atoms. The van der Waals surface area contributed by atoms with Gasteiger partial charge in [-0.05, 0) is 30.7 Å². The van der Waals surface area contributed by atoms with Crippen LogP contribution in [0.15, 0.2) is 24.3 Å². The molecule has 2 fully saturated rings. The van der Waals surface area contributed by atoms with Crippen molar-refractivity contribution in [1.29, 1.82) is 0 Å². The van der Waals surface area contributed by atoms with E-state index in [0.717, 1.165) is 44.2 Å². The number of aliphatic hydroxyl groups is 1. The highest BCUT2D eigenvalue weighted by atomic mass is 35.5. The number of anilines is 1. The van der Waals surface area contributed by atoms with Crippen LogP contribution in [0, 0.1) is 0 Å². The summed E-state index contributed by atoms with van der Waals surface area (Å²) in [5, 5.41) is 11.0. The smallest absolute Gasteiger partial charge is 0.222 e. The molecule has 1 aromatic carbocycles. The van der Waals surface area contributed by atoms with Gasteiger partial charge in [0.15, 0.2) is 0 Å². The van der Waals surface area contributed by atoms with Crippen LogP contribution in [-0.4, -0.2) is 72.7 Å². The molecule has 23 heavy (non-hydrogen) atoms. The minimum Gasteiger partial charge on any atom is -0.390 e. The van der Waals surface area contributed by atoms with E-state index in [4.69, 9.17) is 11.6 Å². The van der Waals surface area contributed by atoms with Crippen LogP contribution in [-0.2, 0) is 4.79 Å². The number of halogens is 1. The zero-order chi connectivity index (χ0) is 16.2. The summed E-state index contributed by atoms with van der Waals surface area (Å²) < 4.78 is 0. The van der Waals surface area contributed by atoms with Crippen LogP contribution in [0.5, 0.6) is 0 Å². The number of nitrogens with zero attached hydrogens (tertiary/aromatic N) is 3. The Morgan fingerprint density at radius 1 is 1.04 bits per heavy atom. The SMILES string of the molecule is O=C1CCCN1CC(O)CN1CCN(c2ccc(Cl)cc2)CC1. The van der Waals surface area contributed by atoms with Crippen LogP contribution in [0.1, 0.15) is 12.8 Å². The summed E-state index contributed by atoms with van der Waals surface area (Å²) in [5.74, 6) is 0.177. The summed E-state index contributed by atoms with van der Waals surface area (Å²) in [6.45, 7) is 5.63. The Morgan fingerprint density at radius 3 is 2.35 bits per heavy atom. The Balaban J connectivity index is 1.43. The number of rotatable bonds is 5. The Labute approximate surface area is 142 Å². The Kier molecular flexibility index (Phi) is 5.41. The molecule has 1 N–H and O–H groups in total.